The first-order chi connectivity index (χ1) is 25.3. The van der Waals surface area contributed by atoms with E-state index < -0.39 is 34.9 Å². The lowest BCUT2D eigenvalue weighted by molar-refractivity contribution is -0.139. The minimum atomic E-state index is -3.13. The molecule has 2 fully saturated rings. The van der Waals surface area contributed by atoms with Gasteiger partial charge in [0.25, 0.3) is 16.6 Å². The van der Waals surface area contributed by atoms with Crippen LogP contribution in [0.2, 0.25) is 10.1 Å². The van der Waals surface area contributed by atoms with Crippen molar-refractivity contribution in [3.8, 4) is 0 Å². The first-order valence-corrected chi connectivity index (χ1v) is 23.0. The Morgan fingerprint density at radius 2 is 1.08 bits per heavy atom. The van der Waals surface area contributed by atoms with Gasteiger partial charge in [0, 0.05) is 12.8 Å². The molecule has 1 aliphatic carbocycles. The van der Waals surface area contributed by atoms with E-state index in [0.717, 1.165) is 56.9 Å². The molecular formula is C46H58O5Si2. The Morgan fingerprint density at radius 3 is 1.45 bits per heavy atom. The van der Waals surface area contributed by atoms with E-state index in [1.165, 1.54) is 0 Å². The van der Waals surface area contributed by atoms with Gasteiger partial charge < -0.3 is 23.4 Å². The van der Waals surface area contributed by atoms with E-state index in [1.807, 2.05) is 19.1 Å². The molecule has 4 atom stereocenters. The van der Waals surface area contributed by atoms with Crippen molar-refractivity contribution in [2.75, 3.05) is 6.61 Å². The average molecular weight is 747 g/mol. The van der Waals surface area contributed by atoms with Crippen LogP contribution in [-0.4, -0.2) is 53.0 Å². The van der Waals surface area contributed by atoms with Crippen LogP contribution in [0.4, 0.5) is 0 Å². The van der Waals surface area contributed by atoms with Crippen LogP contribution in [0.5, 0.6) is 0 Å². The van der Waals surface area contributed by atoms with Crippen LogP contribution >= 0.6 is 0 Å². The van der Waals surface area contributed by atoms with Gasteiger partial charge in [0.2, 0.25) is 0 Å². The molecule has 7 heteroatoms. The summed E-state index contributed by atoms with van der Waals surface area (Å²) < 4.78 is 28.1. The Kier molecular flexibility index (Phi) is 11.8. The molecule has 4 unspecified atom stereocenters. The number of aliphatic hydroxyl groups excluding tert-OH is 1. The Morgan fingerprint density at radius 1 is 0.660 bits per heavy atom. The van der Waals surface area contributed by atoms with Gasteiger partial charge in [-0.1, -0.05) is 169 Å². The number of hydrogen-bond acceptors (Lipinski definition) is 5. The number of hydrogen-bond donors (Lipinski definition) is 1. The molecule has 1 N–H and O–H groups in total. The monoisotopic (exact) mass is 746 g/mol. The van der Waals surface area contributed by atoms with Crippen LogP contribution in [0.15, 0.2) is 145 Å². The highest BCUT2D eigenvalue weighted by Crippen LogP contribution is 2.45. The molecule has 1 saturated carbocycles. The summed E-state index contributed by atoms with van der Waals surface area (Å²) in [7, 11) is -6.22. The molecule has 0 aromatic heterocycles. The van der Waals surface area contributed by atoms with Crippen molar-refractivity contribution in [2.45, 2.75) is 109 Å². The average Bonchev–Trinajstić information content (AvgIpc) is 3.15. The highest BCUT2D eigenvalue weighted by molar-refractivity contribution is 7.00. The van der Waals surface area contributed by atoms with Gasteiger partial charge in [-0.15, -0.1) is 0 Å². The van der Waals surface area contributed by atoms with E-state index in [2.05, 4.69) is 151 Å². The van der Waals surface area contributed by atoms with Crippen molar-refractivity contribution in [1.82, 2.24) is 0 Å². The molecular weight excluding hydrogens is 689 g/mol. The third kappa shape index (κ3) is 7.70. The molecule has 0 spiro atoms. The maximum absolute atomic E-state index is 12.9. The minimum Gasteiger partial charge on any atom is -0.469 e. The van der Waals surface area contributed by atoms with Crippen LogP contribution < -0.4 is 20.7 Å². The smallest absolute Gasteiger partial charge is 0.262 e. The normalized spacial score (nSPS) is 22.7. The quantitative estimate of drug-likeness (QED) is 0.132. The number of benzene rings is 4. The van der Waals surface area contributed by atoms with Gasteiger partial charge in [0.15, 0.2) is 6.29 Å². The number of aliphatic hydroxyl groups is 1. The van der Waals surface area contributed by atoms with Gasteiger partial charge in [-0.3, -0.25) is 0 Å². The fourth-order valence-electron chi connectivity index (χ4n) is 8.52. The standard InChI is InChI=1S/C46H58O5Si2/c1-34-40(35(2)49-42-31-21-22-32-48-42)33-41(50-52(45(3,4)5,36-23-13-9-14-24-36)37-25-15-10-16-26-37)43(47)44(34)51-53(46(6,7)8,38-27-17-11-18-28-38)39-29-19-12-20-30-39/h9-20,23-30,41-44,47H,1,21-22,31-33H2,2-8H3. The summed E-state index contributed by atoms with van der Waals surface area (Å²) in [6.07, 6.45) is 0.669. The Hall–Kier alpha value is -3.57. The van der Waals surface area contributed by atoms with Crippen molar-refractivity contribution in [1.29, 1.82) is 0 Å². The van der Waals surface area contributed by atoms with Crippen LogP contribution in [0.25, 0.3) is 0 Å². The first-order valence-electron chi connectivity index (χ1n) is 19.2. The van der Waals surface area contributed by atoms with Gasteiger partial charge >= 0.3 is 0 Å². The highest BCUT2D eigenvalue weighted by Gasteiger charge is 2.57. The fourth-order valence-corrected chi connectivity index (χ4v) is 17.9. The molecule has 1 saturated heterocycles. The molecule has 0 bridgehead atoms. The third-order valence-corrected chi connectivity index (χ3v) is 21.2. The van der Waals surface area contributed by atoms with E-state index in [9.17, 15) is 5.11 Å². The van der Waals surface area contributed by atoms with Crippen molar-refractivity contribution in [3.05, 3.63) is 145 Å². The molecule has 6 rings (SSSR count). The molecule has 5 nitrogen and oxygen atoms in total. The van der Waals surface area contributed by atoms with Crippen LogP contribution in [-0.2, 0) is 18.3 Å². The number of rotatable bonds is 10. The van der Waals surface area contributed by atoms with Crippen LogP contribution in [0, 0.1) is 0 Å². The van der Waals surface area contributed by atoms with E-state index in [0.29, 0.717) is 13.0 Å². The van der Waals surface area contributed by atoms with Gasteiger partial charge in [0.05, 0.1) is 18.8 Å². The van der Waals surface area contributed by atoms with E-state index >= 15 is 0 Å². The van der Waals surface area contributed by atoms with Crippen molar-refractivity contribution >= 4 is 37.4 Å². The number of allylic oxidation sites excluding steroid dienone is 1. The molecule has 4 aromatic rings. The molecule has 0 radical (unpaired) electrons. The van der Waals surface area contributed by atoms with E-state index in [1.54, 1.807) is 0 Å². The summed E-state index contributed by atoms with van der Waals surface area (Å²) in [5.41, 5.74) is 1.66. The van der Waals surface area contributed by atoms with Gasteiger partial charge in [0.1, 0.15) is 11.9 Å². The molecule has 1 aliphatic heterocycles. The topological polar surface area (TPSA) is 57.2 Å². The maximum Gasteiger partial charge on any atom is 0.262 e. The van der Waals surface area contributed by atoms with Crippen LogP contribution in [0.1, 0.15) is 74.1 Å². The number of ether oxygens (including phenoxy) is 2. The molecule has 4 aromatic carbocycles. The lowest BCUT2D eigenvalue weighted by Crippen LogP contribution is -2.71. The van der Waals surface area contributed by atoms with Gasteiger partial charge in [-0.25, -0.2) is 0 Å². The van der Waals surface area contributed by atoms with Gasteiger partial charge in [-0.05, 0) is 61.7 Å². The summed E-state index contributed by atoms with van der Waals surface area (Å²) in [4.78, 5) is 0. The maximum atomic E-state index is 12.9. The zero-order valence-electron chi connectivity index (χ0n) is 32.7. The Balaban J connectivity index is 1.54. The molecule has 53 heavy (non-hydrogen) atoms. The summed E-state index contributed by atoms with van der Waals surface area (Å²) in [6, 6.07) is 42.4. The molecule has 2 aliphatic rings. The zero-order chi connectivity index (χ0) is 37.9. The second kappa shape index (κ2) is 16.0. The summed E-state index contributed by atoms with van der Waals surface area (Å²) >= 11 is 0. The summed E-state index contributed by atoms with van der Waals surface area (Å²) in [5.74, 6) is 0.751. The van der Waals surface area contributed by atoms with E-state index in [-0.39, 0.29) is 16.4 Å². The minimum absolute atomic E-state index is 0.288. The second-order valence-electron chi connectivity index (χ2n) is 16.7. The van der Waals surface area contributed by atoms with Crippen molar-refractivity contribution in [2.24, 2.45) is 0 Å². The Labute approximate surface area is 319 Å². The lowest BCUT2D eigenvalue weighted by Gasteiger charge is -2.51. The molecule has 0 amide bonds. The SMILES string of the molecule is C=C1C(=C(C)OC2CCCCO2)CC(O[Si](c2ccccc2)(c2ccccc2)C(C)(C)C)C(O)C1O[Si](c1ccccc1)(c1ccccc1)C(C)(C)C. The zero-order valence-corrected chi connectivity index (χ0v) is 34.7. The predicted octanol–water partition coefficient (Wildman–Crippen LogP) is 8.01. The van der Waals surface area contributed by atoms with Crippen molar-refractivity contribution < 1.29 is 23.4 Å². The van der Waals surface area contributed by atoms with Crippen molar-refractivity contribution in [3.63, 3.8) is 0 Å². The first kappa shape index (κ1) is 39.1. The van der Waals surface area contributed by atoms with E-state index in [4.69, 9.17) is 24.9 Å². The van der Waals surface area contributed by atoms with Crippen LogP contribution in [0.3, 0.4) is 0 Å². The third-order valence-electron chi connectivity index (χ3n) is 11.2. The summed E-state index contributed by atoms with van der Waals surface area (Å²) in [6.45, 7) is 21.0. The second-order valence-corrected chi connectivity index (χ2v) is 25.2. The van der Waals surface area contributed by atoms with Gasteiger partial charge in [-0.2, -0.15) is 0 Å². The highest BCUT2D eigenvalue weighted by atomic mass is 28.4. The largest absolute Gasteiger partial charge is 0.469 e. The summed E-state index contributed by atoms with van der Waals surface area (Å²) in [5, 5.41) is 16.9. The molecule has 280 valence electrons. The fraction of sp³-hybridized carbons (Fsp3) is 0.391. The lowest BCUT2D eigenvalue weighted by atomic mass is 9.83. The molecule has 1 heterocycles. The Bertz CT molecular complexity index is 1750. The predicted molar refractivity (Wildman–Crippen MR) is 222 cm³/mol.